The number of ketones is 1. The lowest BCUT2D eigenvalue weighted by Crippen LogP contribution is -2.08. The highest BCUT2D eigenvalue weighted by atomic mass is 79.9. The first kappa shape index (κ1) is 16.0. The Hall–Kier alpha value is -1.39. The predicted octanol–water partition coefficient (Wildman–Crippen LogP) is 5.08. The maximum absolute atomic E-state index is 12.1. The monoisotopic (exact) mass is 408 g/mol. The van der Waals surface area contributed by atoms with Crippen LogP contribution in [0, 0.1) is 0 Å². The molecule has 0 radical (unpaired) electrons. The number of hydrogen-bond acceptors (Lipinski definition) is 2. The van der Waals surface area contributed by atoms with Gasteiger partial charge in [-0.2, -0.15) is 0 Å². The minimum Gasteiger partial charge on any atom is -0.478 e. The molecule has 0 saturated heterocycles. The van der Waals surface area contributed by atoms with E-state index in [-0.39, 0.29) is 10.8 Å². The minimum atomic E-state index is -0.0861. The number of ether oxygens (including phenoxy) is 1. The van der Waals surface area contributed by atoms with Gasteiger partial charge in [0.15, 0.2) is 10.8 Å². The summed E-state index contributed by atoms with van der Waals surface area (Å²) in [5.41, 5.74) is 1.64. The summed E-state index contributed by atoms with van der Waals surface area (Å²) in [4.78, 5) is 12.1. The first-order valence-electron chi connectivity index (χ1n) is 6.43. The smallest absolute Gasteiger partial charge is 0.185 e. The second-order valence-corrected chi connectivity index (χ2v) is 5.98. The summed E-state index contributed by atoms with van der Waals surface area (Å²) in [5, 5.41) is 0.602. The molecule has 1 unspecified atom stereocenters. The molecule has 0 heterocycles. The molecule has 2 nitrogen and oxygen atoms in total. The van der Waals surface area contributed by atoms with Crippen LogP contribution >= 0.6 is 31.9 Å². The second kappa shape index (κ2) is 8.15. The van der Waals surface area contributed by atoms with Crippen molar-refractivity contribution in [3.63, 3.8) is 0 Å². The van der Waals surface area contributed by atoms with Crippen molar-refractivity contribution in [3.05, 3.63) is 71.8 Å². The highest BCUT2D eigenvalue weighted by Gasteiger charge is 2.05. The van der Waals surface area contributed by atoms with Gasteiger partial charge in [-0.05, 0) is 51.8 Å². The number of carbonyl (C=O) groups is 1. The van der Waals surface area contributed by atoms with Gasteiger partial charge in [-0.15, -0.1) is 0 Å². The van der Waals surface area contributed by atoms with Gasteiger partial charge in [-0.1, -0.05) is 52.3 Å². The van der Waals surface area contributed by atoms with E-state index in [1.165, 1.54) is 0 Å². The molecule has 21 heavy (non-hydrogen) atoms. The normalized spacial score (nSPS) is 12.3. The molecular formula is C17H14Br2O2. The number of carbonyl (C=O) groups excluding carboxylic acids is 1. The average molecular weight is 410 g/mol. The molecule has 0 aliphatic carbocycles. The van der Waals surface area contributed by atoms with Gasteiger partial charge in [0, 0.05) is 5.56 Å². The summed E-state index contributed by atoms with van der Waals surface area (Å²) in [6.07, 6.45) is 3.39. The van der Waals surface area contributed by atoms with E-state index in [2.05, 4.69) is 31.9 Å². The Bertz CT molecular complexity index is 606. The van der Waals surface area contributed by atoms with Crippen molar-refractivity contribution >= 4 is 43.7 Å². The SMILES string of the molecule is O=C(/C=C/c1ccccc1)c1ccc(OC(Br)CBr)cc1. The van der Waals surface area contributed by atoms with Crippen molar-refractivity contribution in [3.8, 4) is 5.75 Å². The molecule has 0 saturated carbocycles. The molecule has 0 amide bonds. The Morgan fingerprint density at radius 3 is 2.38 bits per heavy atom. The van der Waals surface area contributed by atoms with Gasteiger partial charge in [0.1, 0.15) is 5.75 Å². The molecule has 108 valence electrons. The van der Waals surface area contributed by atoms with E-state index in [1.807, 2.05) is 36.4 Å². The highest BCUT2D eigenvalue weighted by molar-refractivity contribution is 9.12. The molecule has 2 aromatic carbocycles. The van der Waals surface area contributed by atoms with Crippen LogP contribution in [0.2, 0.25) is 0 Å². The summed E-state index contributed by atoms with van der Waals surface area (Å²) in [6, 6.07) is 16.9. The zero-order valence-corrected chi connectivity index (χ0v) is 14.4. The fraction of sp³-hybridized carbons (Fsp3) is 0.118. The van der Waals surface area contributed by atoms with E-state index in [4.69, 9.17) is 4.74 Å². The Kier molecular flexibility index (Phi) is 6.21. The number of alkyl halides is 2. The fourth-order valence-corrected chi connectivity index (χ4v) is 2.06. The van der Waals surface area contributed by atoms with Crippen LogP contribution in [0.5, 0.6) is 5.75 Å². The largest absolute Gasteiger partial charge is 0.478 e. The van der Waals surface area contributed by atoms with E-state index in [0.29, 0.717) is 10.9 Å². The maximum atomic E-state index is 12.1. The molecule has 2 rings (SSSR count). The lowest BCUT2D eigenvalue weighted by atomic mass is 10.1. The van der Waals surface area contributed by atoms with Gasteiger partial charge in [-0.3, -0.25) is 4.79 Å². The van der Waals surface area contributed by atoms with Gasteiger partial charge in [0.2, 0.25) is 0 Å². The number of rotatable bonds is 6. The van der Waals surface area contributed by atoms with Crippen LogP contribution in [0.15, 0.2) is 60.7 Å². The van der Waals surface area contributed by atoms with Crippen LogP contribution in [-0.2, 0) is 0 Å². The van der Waals surface area contributed by atoms with Crippen LogP contribution in [0.4, 0.5) is 0 Å². The van der Waals surface area contributed by atoms with E-state index in [1.54, 1.807) is 30.3 Å². The Morgan fingerprint density at radius 2 is 1.76 bits per heavy atom. The zero-order valence-electron chi connectivity index (χ0n) is 11.2. The first-order chi connectivity index (χ1) is 10.2. The standard InChI is InChI=1S/C17H14Br2O2/c18-12-17(19)21-15-9-7-14(8-10-15)16(20)11-6-13-4-2-1-3-5-13/h1-11,17H,12H2/b11-6+. The molecule has 0 aliphatic heterocycles. The number of benzene rings is 2. The second-order valence-electron chi connectivity index (χ2n) is 4.31. The van der Waals surface area contributed by atoms with E-state index >= 15 is 0 Å². The third-order valence-corrected chi connectivity index (χ3v) is 4.72. The quantitative estimate of drug-likeness (QED) is 0.378. The first-order valence-corrected chi connectivity index (χ1v) is 8.47. The summed E-state index contributed by atoms with van der Waals surface area (Å²) < 4.78 is 5.57. The van der Waals surface area contributed by atoms with Crippen LogP contribution in [0.1, 0.15) is 15.9 Å². The van der Waals surface area contributed by atoms with Crippen LogP contribution < -0.4 is 4.74 Å². The predicted molar refractivity (Wildman–Crippen MR) is 93.4 cm³/mol. The lowest BCUT2D eigenvalue weighted by Gasteiger charge is -2.10. The van der Waals surface area contributed by atoms with Crippen molar-refractivity contribution in [2.24, 2.45) is 0 Å². The minimum absolute atomic E-state index is 0.0266. The van der Waals surface area contributed by atoms with E-state index in [9.17, 15) is 4.79 Å². The molecule has 0 spiro atoms. The van der Waals surface area contributed by atoms with Gasteiger partial charge in [0.05, 0.1) is 5.33 Å². The van der Waals surface area contributed by atoms with Crippen LogP contribution in [0.25, 0.3) is 6.08 Å². The highest BCUT2D eigenvalue weighted by Crippen LogP contribution is 2.17. The maximum Gasteiger partial charge on any atom is 0.185 e. The topological polar surface area (TPSA) is 26.3 Å². The van der Waals surface area contributed by atoms with Crippen molar-refractivity contribution in [1.82, 2.24) is 0 Å². The molecular weight excluding hydrogens is 396 g/mol. The number of halogens is 2. The molecule has 4 heteroatoms. The average Bonchev–Trinajstić information content (AvgIpc) is 2.54. The van der Waals surface area contributed by atoms with Gasteiger partial charge in [-0.25, -0.2) is 0 Å². The van der Waals surface area contributed by atoms with Crippen molar-refractivity contribution in [2.75, 3.05) is 5.33 Å². The lowest BCUT2D eigenvalue weighted by molar-refractivity contribution is 0.104. The van der Waals surface area contributed by atoms with Crippen molar-refractivity contribution < 1.29 is 9.53 Å². The molecule has 2 aromatic rings. The number of hydrogen-bond donors (Lipinski definition) is 0. The Balaban J connectivity index is 2.01. The third-order valence-electron chi connectivity index (χ3n) is 2.75. The molecule has 0 aromatic heterocycles. The molecule has 0 fully saturated rings. The molecule has 0 aliphatic rings. The van der Waals surface area contributed by atoms with Crippen LogP contribution in [-0.4, -0.2) is 16.1 Å². The van der Waals surface area contributed by atoms with E-state index < -0.39 is 0 Å². The summed E-state index contributed by atoms with van der Waals surface area (Å²) >= 11 is 6.68. The summed E-state index contributed by atoms with van der Waals surface area (Å²) in [5.74, 6) is 0.696. The van der Waals surface area contributed by atoms with E-state index in [0.717, 1.165) is 11.3 Å². The summed E-state index contributed by atoms with van der Waals surface area (Å²) in [7, 11) is 0. The zero-order chi connectivity index (χ0) is 15.1. The van der Waals surface area contributed by atoms with Crippen molar-refractivity contribution in [2.45, 2.75) is 5.01 Å². The molecule has 1 atom stereocenters. The summed E-state index contributed by atoms with van der Waals surface area (Å²) in [6.45, 7) is 0. The third kappa shape index (κ3) is 5.14. The van der Waals surface area contributed by atoms with Crippen LogP contribution in [0.3, 0.4) is 0 Å². The Morgan fingerprint density at radius 1 is 1.10 bits per heavy atom. The van der Waals surface area contributed by atoms with Gasteiger partial charge in [0.25, 0.3) is 0 Å². The van der Waals surface area contributed by atoms with Gasteiger partial charge >= 0.3 is 0 Å². The number of allylic oxidation sites excluding steroid dienone is 1. The molecule has 0 bridgehead atoms. The Labute approximate surface area is 141 Å². The van der Waals surface area contributed by atoms with Crippen molar-refractivity contribution in [1.29, 1.82) is 0 Å². The molecule has 0 N–H and O–H groups in total. The fourth-order valence-electron chi connectivity index (χ4n) is 1.71. The van der Waals surface area contributed by atoms with Gasteiger partial charge < -0.3 is 4.74 Å².